The molecule has 0 saturated carbocycles. The number of carboxylic acid groups (broad SMARTS) is 1. The molecule has 1 aliphatic rings. The molecule has 0 radical (unpaired) electrons. The van der Waals surface area contributed by atoms with Crippen LogP contribution in [0.3, 0.4) is 0 Å². The smallest absolute Gasteiger partial charge is 0.355 e. The fourth-order valence-corrected chi connectivity index (χ4v) is 3.88. The van der Waals surface area contributed by atoms with Crippen molar-refractivity contribution in [2.24, 2.45) is 0 Å². The molecule has 7 heteroatoms. The summed E-state index contributed by atoms with van der Waals surface area (Å²) in [6.45, 7) is 3.69. The quantitative estimate of drug-likeness (QED) is 0.723. The molecule has 0 amide bonds. The van der Waals surface area contributed by atoms with Crippen molar-refractivity contribution in [1.82, 2.24) is 9.97 Å². The number of aromatic nitrogens is 2. The van der Waals surface area contributed by atoms with Gasteiger partial charge in [0.2, 0.25) is 5.88 Å². The molecule has 4 rings (SSSR count). The highest BCUT2D eigenvalue weighted by molar-refractivity contribution is 7.13. The molecule has 0 aliphatic carbocycles. The van der Waals surface area contributed by atoms with E-state index in [4.69, 9.17) is 9.84 Å². The van der Waals surface area contributed by atoms with Crippen LogP contribution in [-0.4, -0.2) is 40.2 Å². The van der Waals surface area contributed by atoms with Crippen molar-refractivity contribution in [2.75, 3.05) is 18.0 Å². The summed E-state index contributed by atoms with van der Waals surface area (Å²) in [6.07, 6.45) is 2.84. The van der Waals surface area contributed by atoms with Gasteiger partial charge in [0.15, 0.2) is 5.69 Å². The molecule has 1 saturated heterocycles. The third-order valence-electron chi connectivity index (χ3n) is 4.50. The number of pyridine rings is 1. The van der Waals surface area contributed by atoms with E-state index in [1.165, 1.54) is 11.3 Å². The van der Waals surface area contributed by atoms with Gasteiger partial charge in [-0.05, 0) is 24.6 Å². The van der Waals surface area contributed by atoms with Crippen LogP contribution in [0.4, 0.5) is 5.69 Å². The monoisotopic (exact) mass is 381 g/mol. The second-order valence-electron chi connectivity index (χ2n) is 6.54. The molecule has 1 fully saturated rings. The van der Waals surface area contributed by atoms with Gasteiger partial charge >= 0.3 is 5.97 Å². The van der Waals surface area contributed by atoms with E-state index in [1.807, 2.05) is 37.4 Å². The normalized spacial score (nSPS) is 16.5. The maximum absolute atomic E-state index is 11.0. The Hall–Kier alpha value is -2.93. The number of thiazole rings is 1. The average Bonchev–Trinajstić information content (AvgIpc) is 3.34. The van der Waals surface area contributed by atoms with Gasteiger partial charge in [0.25, 0.3) is 0 Å². The molecule has 27 heavy (non-hydrogen) atoms. The first-order chi connectivity index (χ1) is 13.1. The zero-order valence-electron chi connectivity index (χ0n) is 14.8. The highest BCUT2D eigenvalue weighted by Crippen LogP contribution is 2.29. The number of aromatic carboxylic acids is 1. The molecular formula is C20H19N3O3S. The van der Waals surface area contributed by atoms with Crippen molar-refractivity contribution < 1.29 is 14.6 Å². The van der Waals surface area contributed by atoms with E-state index < -0.39 is 5.97 Å². The van der Waals surface area contributed by atoms with Gasteiger partial charge in [-0.3, -0.25) is 0 Å². The minimum absolute atomic E-state index is 0.0839. The minimum Gasteiger partial charge on any atom is -0.476 e. The van der Waals surface area contributed by atoms with Crippen LogP contribution in [0.2, 0.25) is 0 Å². The van der Waals surface area contributed by atoms with E-state index in [-0.39, 0.29) is 11.8 Å². The van der Waals surface area contributed by atoms with Crippen molar-refractivity contribution in [1.29, 1.82) is 0 Å². The predicted octanol–water partition coefficient (Wildman–Crippen LogP) is 3.87. The lowest BCUT2D eigenvalue weighted by molar-refractivity contribution is 0.0691. The highest BCUT2D eigenvalue weighted by atomic mass is 32.1. The number of hydrogen-bond acceptors (Lipinski definition) is 6. The van der Waals surface area contributed by atoms with Crippen LogP contribution < -0.4 is 9.64 Å². The molecule has 1 N–H and O–H groups in total. The van der Waals surface area contributed by atoms with Crippen LogP contribution in [-0.2, 0) is 0 Å². The van der Waals surface area contributed by atoms with Gasteiger partial charge in [-0.25, -0.2) is 14.8 Å². The lowest BCUT2D eigenvalue weighted by Gasteiger charge is -2.19. The number of rotatable bonds is 5. The Morgan fingerprint density at radius 2 is 2.22 bits per heavy atom. The van der Waals surface area contributed by atoms with E-state index in [0.29, 0.717) is 10.9 Å². The summed E-state index contributed by atoms with van der Waals surface area (Å²) in [5, 5.41) is 11.3. The standard InChI is InChI=1S/C20H19N3O3S/c1-13-5-6-18(21-10-13)26-16-7-8-23(11-16)15-4-2-3-14(9-15)19-22-17(12-27-19)20(24)25/h2-6,9-10,12,16H,7-8,11H2,1H3,(H,24,25)/t16-/m0/s1. The Morgan fingerprint density at radius 1 is 1.33 bits per heavy atom. The molecule has 1 atom stereocenters. The number of nitrogens with zero attached hydrogens (tertiary/aromatic N) is 3. The molecule has 3 aromatic rings. The van der Waals surface area contributed by atoms with Crippen LogP contribution in [0.5, 0.6) is 5.88 Å². The van der Waals surface area contributed by atoms with Crippen LogP contribution in [0, 0.1) is 6.92 Å². The molecular weight excluding hydrogens is 362 g/mol. The lowest BCUT2D eigenvalue weighted by Crippen LogP contribution is -2.24. The molecule has 2 aromatic heterocycles. The van der Waals surface area contributed by atoms with Crippen molar-refractivity contribution >= 4 is 23.0 Å². The van der Waals surface area contributed by atoms with Crippen molar-refractivity contribution in [3.63, 3.8) is 0 Å². The highest BCUT2D eigenvalue weighted by Gasteiger charge is 2.25. The first-order valence-electron chi connectivity index (χ1n) is 8.72. The first kappa shape index (κ1) is 17.5. The van der Waals surface area contributed by atoms with E-state index in [9.17, 15) is 4.79 Å². The minimum atomic E-state index is -1.00. The molecule has 1 aliphatic heterocycles. The molecule has 6 nitrogen and oxygen atoms in total. The summed E-state index contributed by atoms with van der Waals surface area (Å²) in [6, 6.07) is 11.9. The Kier molecular flexibility index (Phi) is 4.77. The van der Waals surface area contributed by atoms with Crippen molar-refractivity contribution in [3.05, 3.63) is 59.2 Å². The van der Waals surface area contributed by atoms with Gasteiger partial charge < -0.3 is 14.7 Å². The topological polar surface area (TPSA) is 75.5 Å². The van der Waals surface area contributed by atoms with E-state index in [2.05, 4.69) is 27.0 Å². The number of carboxylic acids is 1. The molecule has 138 valence electrons. The fraction of sp³-hybridized carbons (Fsp3) is 0.250. The van der Waals surface area contributed by atoms with E-state index in [1.54, 1.807) is 5.38 Å². The third-order valence-corrected chi connectivity index (χ3v) is 5.39. The summed E-state index contributed by atoms with van der Waals surface area (Å²) >= 11 is 1.34. The molecule has 0 bridgehead atoms. The van der Waals surface area contributed by atoms with E-state index >= 15 is 0 Å². The maximum Gasteiger partial charge on any atom is 0.355 e. The fourth-order valence-electron chi connectivity index (χ4n) is 3.09. The second-order valence-corrected chi connectivity index (χ2v) is 7.40. The van der Waals surface area contributed by atoms with Gasteiger partial charge in [0.05, 0.1) is 6.54 Å². The molecule has 0 spiro atoms. The zero-order valence-corrected chi connectivity index (χ0v) is 15.6. The maximum atomic E-state index is 11.0. The van der Waals surface area contributed by atoms with Crippen molar-refractivity contribution in [3.8, 4) is 16.5 Å². The largest absolute Gasteiger partial charge is 0.476 e. The van der Waals surface area contributed by atoms with E-state index in [0.717, 1.165) is 36.3 Å². The summed E-state index contributed by atoms with van der Waals surface area (Å²) in [7, 11) is 0. The molecule has 3 heterocycles. The number of benzene rings is 1. The summed E-state index contributed by atoms with van der Waals surface area (Å²) < 4.78 is 6.00. The Labute approximate surface area is 161 Å². The van der Waals surface area contributed by atoms with Crippen LogP contribution in [0.15, 0.2) is 48.0 Å². The Balaban J connectivity index is 1.46. The average molecular weight is 381 g/mol. The SMILES string of the molecule is Cc1ccc(O[C@H]2CCN(c3cccc(-c4nc(C(=O)O)cs4)c3)C2)nc1. The van der Waals surface area contributed by atoms with Crippen LogP contribution in [0.1, 0.15) is 22.5 Å². The van der Waals surface area contributed by atoms with Crippen LogP contribution >= 0.6 is 11.3 Å². The lowest BCUT2D eigenvalue weighted by atomic mass is 10.2. The van der Waals surface area contributed by atoms with Gasteiger partial charge in [0.1, 0.15) is 11.1 Å². The number of carbonyl (C=O) groups is 1. The van der Waals surface area contributed by atoms with Gasteiger partial charge in [-0.15, -0.1) is 11.3 Å². The van der Waals surface area contributed by atoms with Gasteiger partial charge in [-0.1, -0.05) is 18.2 Å². The third kappa shape index (κ3) is 3.93. The van der Waals surface area contributed by atoms with Crippen molar-refractivity contribution in [2.45, 2.75) is 19.4 Å². The van der Waals surface area contributed by atoms with Crippen LogP contribution in [0.25, 0.3) is 10.6 Å². The Morgan fingerprint density at radius 3 is 2.96 bits per heavy atom. The van der Waals surface area contributed by atoms with Gasteiger partial charge in [0, 0.05) is 41.9 Å². The summed E-state index contributed by atoms with van der Waals surface area (Å²) in [5.41, 5.74) is 3.21. The number of aryl methyl sites for hydroxylation is 1. The molecule has 0 unspecified atom stereocenters. The second kappa shape index (κ2) is 7.36. The number of ether oxygens (including phenoxy) is 1. The Bertz CT molecular complexity index is 955. The number of anilines is 1. The predicted molar refractivity (Wildman–Crippen MR) is 105 cm³/mol. The zero-order chi connectivity index (χ0) is 18.8. The number of hydrogen-bond donors (Lipinski definition) is 1. The summed E-state index contributed by atoms with van der Waals surface area (Å²) in [4.78, 5) is 21.8. The van der Waals surface area contributed by atoms with Gasteiger partial charge in [-0.2, -0.15) is 0 Å². The summed E-state index contributed by atoms with van der Waals surface area (Å²) in [5.74, 6) is -0.344. The first-order valence-corrected chi connectivity index (χ1v) is 9.60. The molecule has 1 aromatic carbocycles.